The van der Waals surface area contributed by atoms with Gasteiger partial charge in [-0.2, -0.15) is 0 Å². The summed E-state index contributed by atoms with van der Waals surface area (Å²) in [5.41, 5.74) is 2.39. The van der Waals surface area contributed by atoms with Crippen molar-refractivity contribution >= 4 is 33.4 Å². The third kappa shape index (κ3) is 5.18. The number of likely N-dealkylation sites (N-methyl/N-ethyl adjacent to an activating group) is 1. The van der Waals surface area contributed by atoms with Crippen molar-refractivity contribution in [3.63, 3.8) is 0 Å². The highest BCUT2D eigenvalue weighted by molar-refractivity contribution is 7.19. The summed E-state index contributed by atoms with van der Waals surface area (Å²) in [6.07, 6.45) is 1.61. The number of esters is 2. The number of hydrogen-bond acceptors (Lipinski definition) is 7. The Morgan fingerprint density at radius 3 is 2.34 bits per heavy atom. The Kier molecular flexibility index (Phi) is 8.03. The van der Waals surface area contributed by atoms with Gasteiger partial charge in [-0.15, -0.1) is 11.3 Å². The molecule has 0 aliphatic carbocycles. The molecule has 0 amide bonds. The molecule has 0 spiro atoms. The zero-order chi connectivity index (χ0) is 23.1. The van der Waals surface area contributed by atoms with E-state index in [0.717, 1.165) is 27.5 Å². The Bertz CT molecular complexity index is 1110. The van der Waals surface area contributed by atoms with E-state index in [-0.39, 0.29) is 11.8 Å². The van der Waals surface area contributed by atoms with E-state index in [1.165, 1.54) is 18.9 Å². The Balaban J connectivity index is 1.96. The number of rotatable bonds is 9. The van der Waals surface area contributed by atoms with Gasteiger partial charge in [0.15, 0.2) is 0 Å². The van der Waals surface area contributed by atoms with Gasteiger partial charge >= 0.3 is 11.9 Å². The van der Waals surface area contributed by atoms with Gasteiger partial charge in [0.2, 0.25) is 0 Å². The number of hydrogen-bond donors (Lipinski definition) is 0. The minimum Gasteiger partial charge on any atom is -0.466 e. The van der Waals surface area contributed by atoms with Gasteiger partial charge in [0.25, 0.3) is 0 Å². The van der Waals surface area contributed by atoms with Gasteiger partial charge in [0.05, 0.1) is 20.3 Å². The summed E-state index contributed by atoms with van der Waals surface area (Å²) in [4.78, 5) is 26.8. The molecule has 1 atom stereocenters. The Morgan fingerprint density at radius 1 is 1.00 bits per heavy atom. The summed E-state index contributed by atoms with van der Waals surface area (Å²) in [6, 6.07) is 18.4. The molecule has 32 heavy (non-hydrogen) atoms. The smallest absolute Gasteiger partial charge is 0.354 e. The van der Waals surface area contributed by atoms with Crippen LogP contribution in [0.3, 0.4) is 0 Å². The molecule has 0 saturated carbocycles. The molecule has 2 aromatic carbocycles. The van der Waals surface area contributed by atoms with Gasteiger partial charge in [0.1, 0.15) is 11.8 Å². The molecule has 3 rings (SSSR count). The van der Waals surface area contributed by atoms with Crippen LogP contribution in [0.4, 0.5) is 0 Å². The number of methoxy groups -OCH3 is 3. The Hall–Kier alpha value is -3.16. The molecule has 0 aliphatic rings. The normalized spacial score (nSPS) is 12.4. The van der Waals surface area contributed by atoms with Crippen molar-refractivity contribution in [1.82, 2.24) is 4.90 Å². The van der Waals surface area contributed by atoms with E-state index in [1.54, 1.807) is 30.4 Å². The highest BCUT2D eigenvalue weighted by atomic mass is 32.1. The van der Waals surface area contributed by atoms with Crippen LogP contribution >= 0.6 is 11.3 Å². The van der Waals surface area contributed by atoms with E-state index in [2.05, 4.69) is 29.0 Å². The lowest BCUT2D eigenvalue weighted by molar-refractivity contribution is -0.139. The summed E-state index contributed by atoms with van der Waals surface area (Å²) in [6.45, 7) is 0.497. The summed E-state index contributed by atoms with van der Waals surface area (Å²) in [7, 11) is 6.03. The molecule has 0 N–H and O–H groups in total. The molecule has 0 bridgehead atoms. The molecule has 7 heteroatoms. The fourth-order valence-corrected chi connectivity index (χ4v) is 4.97. The number of benzene rings is 2. The van der Waals surface area contributed by atoms with Gasteiger partial charge in [-0.1, -0.05) is 48.5 Å². The van der Waals surface area contributed by atoms with E-state index in [4.69, 9.17) is 9.47 Å². The predicted molar refractivity (Wildman–Crippen MR) is 126 cm³/mol. The fourth-order valence-electron chi connectivity index (χ4n) is 3.61. The molecular formula is C25H27NO5S. The van der Waals surface area contributed by atoms with Crippen molar-refractivity contribution in [2.45, 2.75) is 12.5 Å². The summed E-state index contributed by atoms with van der Waals surface area (Å²) in [5.74, 6) is -1.20. The molecule has 0 aliphatic heterocycles. The zero-order valence-corrected chi connectivity index (χ0v) is 19.5. The Morgan fingerprint density at radius 2 is 1.69 bits per heavy atom. The molecule has 0 fully saturated rings. The van der Waals surface area contributed by atoms with Gasteiger partial charge in [0, 0.05) is 30.3 Å². The lowest BCUT2D eigenvalue weighted by Gasteiger charge is -2.22. The SMILES string of the molecule is COC(=O)/C=C(\C(=O)OC)N(C)CCc1c(C(OC)c2ccccc2)sc2ccccc12. The predicted octanol–water partition coefficient (Wildman–Crippen LogP) is 4.34. The Labute approximate surface area is 192 Å². The van der Waals surface area contributed by atoms with E-state index < -0.39 is 11.9 Å². The van der Waals surface area contributed by atoms with Crippen molar-refractivity contribution in [1.29, 1.82) is 0 Å². The van der Waals surface area contributed by atoms with Gasteiger partial charge in [-0.3, -0.25) is 0 Å². The quantitative estimate of drug-likeness (QED) is 0.355. The second-order valence-corrected chi connectivity index (χ2v) is 8.27. The fraction of sp³-hybridized carbons (Fsp3) is 0.280. The third-order valence-corrected chi connectivity index (χ3v) is 6.52. The van der Waals surface area contributed by atoms with E-state index in [0.29, 0.717) is 13.0 Å². The van der Waals surface area contributed by atoms with Crippen LogP contribution in [-0.2, 0) is 30.2 Å². The van der Waals surface area contributed by atoms with Crippen molar-refractivity contribution in [2.75, 3.05) is 34.9 Å². The molecule has 6 nitrogen and oxygen atoms in total. The monoisotopic (exact) mass is 453 g/mol. The molecule has 1 unspecified atom stereocenters. The summed E-state index contributed by atoms with van der Waals surface area (Å²) in [5, 5.41) is 1.16. The van der Waals surface area contributed by atoms with Crippen LogP contribution < -0.4 is 0 Å². The highest BCUT2D eigenvalue weighted by Crippen LogP contribution is 2.39. The molecular weight excluding hydrogens is 426 g/mol. The number of carbonyl (C=O) groups is 2. The van der Waals surface area contributed by atoms with Gasteiger partial charge < -0.3 is 19.1 Å². The average Bonchev–Trinajstić information content (AvgIpc) is 3.19. The van der Waals surface area contributed by atoms with Crippen LogP contribution in [0.2, 0.25) is 0 Å². The van der Waals surface area contributed by atoms with Crippen LogP contribution in [0.15, 0.2) is 66.4 Å². The van der Waals surface area contributed by atoms with Crippen LogP contribution in [0.25, 0.3) is 10.1 Å². The first-order valence-electron chi connectivity index (χ1n) is 10.2. The first-order chi connectivity index (χ1) is 15.5. The minimum absolute atomic E-state index is 0.145. The minimum atomic E-state index is -0.609. The maximum atomic E-state index is 12.2. The molecule has 168 valence electrons. The standard InChI is InChI=1S/C25H27NO5S/c1-26(20(25(28)31-4)16-22(27)29-2)15-14-19-18-12-8-9-13-21(18)32-24(19)23(30-3)17-10-6-5-7-11-17/h5-13,16,23H,14-15H2,1-4H3/b20-16+. The van der Waals surface area contributed by atoms with Crippen LogP contribution in [0.5, 0.6) is 0 Å². The van der Waals surface area contributed by atoms with Gasteiger partial charge in [-0.25, -0.2) is 9.59 Å². The lowest BCUT2D eigenvalue weighted by atomic mass is 10.0. The number of ether oxygens (including phenoxy) is 3. The maximum absolute atomic E-state index is 12.2. The first-order valence-corrected chi connectivity index (χ1v) is 11.0. The number of thiophene rings is 1. The molecule has 3 aromatic rings. The molecule has 1 heterocycles. The number of carbonyl (C=O) groups excluding carboxylic acids is 2. The first kappa shape index (κ1) is 23.5. The summed E-state index contributed by atoms with van der Waals surface area (Å²) >= 11 is 1.71. The maximum Gasteiger partial charge on any atom is 0.354 e. The van der Waals surface area contributed by atoms with E-state index in [1.807, 2.05) is 30.3 Å². The molecule has 0 radical (unpaired) electrons. The lowest BCUT2D eigenvalue weighted by Crippen LogP contribution is -2.28. The second kappa shape index (κ2) is 10.9. The topological polar surface area (TPSA) is 65.1 Å². The molecule has 1 aromatic heterocycles. The van der Waals surface area contributed by atoms with Crippen LogP contribution in [-0.4, -0.2) is 51.8 Å². The van der Waals surface area contributed by atoms with Crippen molar-refractivity contribution in [2.24, 2.45) is 0 Å². The van der Waals surface area contributed by atoms with E-state index >= 15 is 0 Å². The third-order valence-electron chi connectivity index (χ3n) is 5.26. The van der Waals surface area contributed by atoms with E-state index in [9.17, 15) is 9.59 Å². The highest BCUT2D eigenvalue weighted by Gasteiger charge is 2.23. The van der Waals surface area contributed by atoms with Crippen molar-refractivity contribution in [3.8, 4) is 0 Å². The second-order valence-electron chi connectivity index (χ2n) is 7.18. The van der Waals surface area contributed by atoms with Crippen LogP contribution in [0.1, 0.15) is 22.1 Å². The number of nitrogens with zero attached hydrogens (tertiary/aromatic N) is 1. The zero-order valence-electron chi connectivity index (χ0n) is 18.7. The summed E-state index contributed by atoms with van der Waals surface area (Å²) < 4.78 is 16.6. The molecule has 0 saturated heterocycles. The average molecular weight is 454 g/mol. The van der Waals surface area contributed by atoms with Crippen LogP contribution in [0, 0.1) is 0 Å². The van der Waals surface area contributed by atoms with Gasteiger partial charge in [-0.05, 0) is 29.0 Å². The largest absolute Gasteiger partial charge is 0.466 e. The number of fused-ring (bicyclic) bond motifs is 1. The van der Waals surface area contributed by atoms with Crippen molar-refractivity contribution < 1.29 is 23.8 Å². The van der Waals surface area contributed by atoms with Crippen molar-refractivity contribution in [3.05, 3.63) is 82.4 Å².